The molecule has 0 aliphatic heterocycles. The molecule has 0 aromatic heterocycles. The van der Waals surface area contributed by atoms with E-state index in [-0.39, 0.29) is 0 Å². The molecule has 15 heavy (non-hydrogen) atoms. The van der Waals surface area contributed by atoms with Crippen LogP contribution in [0.1, 0.15) is 74.7 Å². The fraction of sp³-hybridized carbons (Fsp3) is 1.00. The second kappa shape index (κ2) is 3.25. The van der Waals surface area contributed by atoms with Gasteiger partial charge >= 0.3 is 0 Å². The number of hydrogen-bond acceptors (Lipinski definition) is 0. The van der Waals surface area contributed by atoms with Crippen molar-refractivity contribution >= 4 is 0 Å². The molecule has 1 saturated carbocycles. The maximum atomic E-state index is 2.49. The van der Waals surface area contributed by atoms with Gasteiger partial charge in [0.1, 0.15) is 0 Å². The predicted octanol–water partition coefficient (Wildman–Crippen LogP) is 5.28. The summed E-state index contributed by atoms with van der Waals surface area (Å²) in [5.41, 5.74) is 2.07. The Labute approximate surface area is 96.8 Å². The highest BCUT2D eigenvalue weighted by atomic mass is 14.6. The van der Waals surface area contributed by atoms with Gasteiger partial charge in [-0.05, 0) is 40.9 Å². The Morgan fingerprint density at radius 1 is 0.867 bits per heavy atom. The smallest absolute Gasteiger partial charge is 0.0264 e. The van der Waals surface area contributed by atoms with E-state index in [0.29, 0.717) is 21.7 Å². The van der Waals surface area contributed by atoms with Crippen LogP contribution in [0.25, 0.3) is 0 Å². The summed E-state index contributed by atoms with van der Waals surface area (Å²) in [6.07, 6.45) is 4.11. The summed E-state index contributed by atoms with van der Waals surface area (Å²) in [6.45, 7) is 19.3. The molecule has 0 aromatic carbocycles. The molecule has 0 saturated heterocycles. The van der Waals surface area contributed by atoms with Gasteiger partial charge in [0.15, 0.2) is 0 Å². The second-order valence-electron chi connectivity index (χ2n) is 8.70. The molecule has 0 heteroatoms. The predicted molar refractivity (Wildman–Crippen MR) is 69.0 cm³/mol. The van der Waals surface area contributed by atoms with E-state index < -0.39 is 0 Å². The fourth-order valence-corrected chi connectivity index (χ4v) is 4.08. The van der Waals surface area contributed by atoms with Crippen LogP contribution in [0.4, 0.5) is 0 Å². The van der Waals surface area contributed by atoms with Crippen molar-refractivity contribution in [2.45, 2.75) is 74.7 Å². The zero-order valence-corrected chi connectivity index (χ0v) is 12.1. The molecule has 0 aromatic rings. The van der Waals surface area contributed by atoms with Crippen LogP contribution in [-0.2, 0) is 0 Å². The first-order valence-corrected chi connectivity index (χ1v) is 6.37. The van der Waals surface area contributed by atoms with Gasteiger partial charge in [-0.3, -0.25) is 0 Å². The Bertz CT molecular complexity index is 229. The molecule has 0 bridgehead atoms. The van der Waals surface area contributed by atoms with Crippen molar-refractivity contribution in [2.24, 2.45) is 21.7 Å². The van der Waals surface area contributed by atoms with Gasteiger partial charge in [0, 0.05) is 0 Å². The molecule has 0 spiro atoms. The van der Waals surface area contributed by atoms with E-state index in [9.17, 15) is 0 Å². The normalized spacial score (nSPS) is 24.8. The molecule has 0 unspecified atom stereocenters. The van der Waals surface area contributed by atoms with E-state index in [0.717, 1.165) is 0 Å². The minimum absolute atomic E-state index is 0.451. The third-order valence-electron chi connectivity index (χ3n) is 4.34. The molecule has 1 aliphatic rings. The van der Waals surface area contributed by atoms with Gasteiger partial charge in [-0.25, -0.2) is 0 Å². The SMILES string of the molecule is CC(C)(C)CC(C)(C)C1(C)CC(C)(C)C1. The molecular formula is C15H30. The highest BCUT2D eigenvalue weighted by Gasteiger charge is 2.54. The van der Waals surface area contributed by atoms with E-state index in [1.165, 1.54) is 19.3 Å². The summed E-state index contributed by atoms with van der Waals surface area (Å²) in [5.74, 6) is 0. The zero-order valence-electron chi connectivity index (χ0n) is 12.1. The first kappa shape index (κ1) is 13.1. The highest BCUT2D eigenvalue weighted by molar-refractivity contribution is 5.04. The average Bonchev–Trinajstić information content (AvgIpc) is 1.74. The van der Waals surface area contributed by atoms with Crippen LogP contribution in [0.3, 0.4) is 0 Å². The van der Waals surface area contributed by atoms with Gasteiger partial charge in [0.05, 0.1) is 0 Å². The van der Waals surface area contributed by atoms with E-state index in [2.05, 4.69) is 55.4 Å². The van der Waals surface area contributed by atoms with E-state index in [1.807, 2.05) is 0 Å². The number of hydrogen-bond donors (Lipinski definition) is 0. The van der Waals surface area contributed by atoms with Gasteiger partial charge in [-0.1, -0.05) is 55.4 Å². The second-order valence-corrected chi connectivity index (χ2v) is 8.70. The third-order valence-corrected chi connectivity index (χ3v) is 4.34. The molecule has 90 valence electrons. The van der Waals surface area contributed by atoms with Crippen LogP contribution >= 0.6 is 0 Å². The average molecular weight is 210 g/mol. The lowest BCUT2D eigenvalue weighted by molar-refractivity contribution is -0.104. The van der Waals surface area contributed by atoms with Gasteiger partial charge in [-0.2, -0.15) is 0 Å². The number of rotatable bonds is 2. The van der Waals surface area contributed by atoms with Gasteiger partial charge in [0.25, 0.3) is 0 Å². The molecule has 1 aliphatic carbocycles. The van der Waals surface area contributed by atoms with Crippen molar-refractivity contribution in [1.29, 1.82) is 0 Å². The van der Waals surface area contributed by atoms with E-state index >= 15 is 0 Å². The topological polar surface area (TPSA) is 0 Å². The van der Waals surface area contributed by atoms with Crippen LogP contribution in [0.15, 0.2) is 0 Å². The summed E-state index contributed by atoms with van der Waals surface area (Å²) in [6, 6.07) is 0. The van der Waals surface area contributed by atoms with Crippen LogP contribution in [0.2, 0.25) is 0 Å². The molecule has 0 atom stereocenters. The van der Waals surface area contributed by atoms with Crippen LogP contribution in [0.5, 0.6) is 0 Å². The lowest BCUT2D eigenvalue weighted by Gasteiger charge is -2.60. The van der Waals surface area contributed by atoms with Crippen LogP contribution < -0.4 is 0 Å². The Kier molecular flexibility index (Phi) is 2.83. The molecule has 1 fully saturated rings. The molecule has 0 radical (unpaired) electrons. The summed E-state index contributed by atoms with van der Waals surface area (Å²) >= 11 is 0. The van der Waals surface area contributed by atoms with E-state index in [1.54, 1.807) is 0 Å². The maximum absolute atomic E-state index is 2.49. The largest absolute Gasteiger partial charge is 0.0602 e. The summed E-state index contributed by atoms with van der Waals surface area (Å²) < 4.78 is 0. The van der Waals surface area contributed by atoms with Crippen LogP contribution in [0, 0.1) is 21.7 Å². The van der Waals surface area contributed by atoms with Crippen molar-refractivity contribution in [1.82, 2.24) is 0 Å². The molecule has 0 N–H and O–H groups in total. The first-order chi connectivity index (χ1) is 6.37. The lowest BCUT2D eigenvalue weighted by Crippen LogP contribution is -2.51. The first-order valence-electron chi connectivity index (χ1n) is 6.37. The van der Waals surface area contributed by atoms with Crippen molar-refractivity contribution < 1.29 is 0 Å². The summed E-state index contributed by atoms with van der Waals surface area (Å²) in [4.78, 5) is 0. The summed E-state index contributed by atoms with van der Waals surface area (Å²) in [5, 5.41) is 0. The van der Waals surface area contributed by atoms with Crippen molar-refractivity contribution in [3.05, 3.63) is 0 Å². The Morgan fingerprint density at radius 3 is 1.53 bits per heavy atom. The molecule has 1 rings (SSSR count). The third kappa shape index (κ3) is 2.77. The Balaban J connectivity index is 2.71. The minimum Gasteiger partial charge on any atom is -0.0602 e. The van der Waals surface area contributed by atoms with Crippen LogP contribution in [-0.4, -0.2) is 0 Å². The molecule has 0 amide bonds. The minimum atomic E-state index is 0.451. The fourth-order valence-electron chi connectivity index (χ4n) is 4.08. The molecular weight excluding hydrogens is 180 g/mol. The quantitative estimate of drug-likeness (QED) is 0.582. The Morgan fingerprint density at radius 2 is 1.27 bits per heavy atom. The van der Waals surface area contributed by atoms with Gasteiger partial charge in [-0.15, -0.1) is 0 Å². The molecule has 0 heterocycles. The monoisotopic (exact) mass is 210 g/mol. The van der Waals surface area contributed by atoms with Crippen molar-refractivity contribution in [3.8, 4) is 0 Å². The maximum Gasteiger partial charge on any atom is -0.0264 e. The van der Waals surface area contributed by atoms with Gasteiger partial charge < -0.3 is 0 Å². The zero-order chi connectivity index (χ0) is 12.1. The van der Waals surface area contributed by atoms with E-state index in [4.69, 9.17) is 0 Å². The summed E-state index contributed by atoms with van der Waals surface area (Å²) in [7, 11) is 0. The van der Waals surface area contributed by atoms with Gasteiger partial charge in [0.2, 0.25) is 0 Å². The standard InChI is InChI=1S/C15H30/c1-12(2,3)9-14(6,7)15(8)10-13(4,5)11-15/h9-11H2,1-8H3. The van der Waals surface area contributed by atoms with Crippen molar-refractivity contribution in [3.63, 3.8) is 0 Å². The highest BCUT2D eigenvalue weighted by Crippen LogP contribution is 2.64. The lowest BCUT2D eigenvalue weighted by atomic mass is 9.44. The Hall–Kier alpha value is 0. The molecule has 0 nitrogen and oxygen atoms in total. The van der Waals surface area contributed by atoms with Crippen molar-refractivity contribution in [2.75, 3.05) is 0 Å².